The summed E-state index contributed by atoms with van der Waals surface area (Å²) in [4.78, 5) is 4.51. The highest BCUT2D eigenvalue weighted by Crippen LogP contribution is 2.42. The molecule has 1 aromatic carbocycles. The number of imidazole rings is 1. The Morgan fingerprint density at radius 3 is 2.78 bits per heavy atom. The number of nitrogens with two attached hydrogens (primary N) is 1. The number of benzene rings is 1. The SMILES string of the molecule is Cn1c(C2CC2)nc(-c2ccc(Br)cc2F)c1N. The number of hydrogen-bond acceptors (Lipinski definition) is 2. The van der Waals surface area contributed by atoms with Gasteiger partial charge in [-0.3, -0.25) is 0 Å². The Hall–Kier alpha value is -1.36. The van der Waals surface area contributed by atoms with Crippen molar-refractivity contribution in [3.8, 4) is 11.3 Å². The van der Waals surface area contributed by atoms with Crippen molar-refractivity contribution in [2.24, 2.45) is 7.05 Å². The van der Waals surface area contributed by atoms with E-state index in [1.54, 1.807) is 12.1 Å². The number of rotatable bonds is 2. The van der Waals surface area contributed by atoms with Crippen molar-refractivity contribution in [3.63, 3.8) is 0 Å². The first kappa shape index (κ1) is 11.7. The van der Waals surface area contributed by atoms with Crippen LogP contribution in [-0.4, -0.2) is 9.55 Å². The fourth-order valence-electron chi connectivity index (χ4n) is 2.12. The molecule has 1 saturated carbocycles. The predicted octanol–water partition coefficient (Wildman–Crippen LogP) is 3.45. The Balaban J connectivity index is 2.13. The minimum atomic E-state index is -0.309. The largest absolute Gasteiger partial charge is 0.383 e. The first-order chi connectivity index (χ1) is 8.58. The van der Waals surface area contributed by atoms with Gasteiger partial charge in [0, 0.05) is 23.0 Å². The summed E-state index contributed by atoms with van der Waals surface area (Å²) in [5.41, 5.74) is 7.03. The Morgan fingerprint density at radius 2 is 2.17 bits per heavy atom. The number of nitrogens with zero attached hydrogens (tertiary/aromatic N) is 2. The maximum absolute atomic E-state index is 13.9. The third kappa shape index (κ3) is 1.82. The van der Waals surface area contributed by atoms with Gasteiger partial charge in [0.25, 0.3) is 0 Å². The number of aromatic nitrogens is 2. The van der Waals surface area contributed by atoms with Gasteiger partial charge in [0.05, 0.1) is 0 Å². The lowest BCUT2D eigenvalue weighted by molar-refractivity contribution is 0.630. The van der Waals surface area contributed by atoms with Crippen LogP contribution in [0.5, 0.6) is 0 Å². The fraction of sp³-hybridized carbons (Fsp3) is 0.308. The van der Waals surface area contributed by atoms with Gasteiger partial charge in [-0.25, -0.2) is 9.37 Å². The molecule has 0 atom stereocenters. The predicted molar refractivity (Wildman–Crippen MR) is 72.7 cm³/mol. The normalized spacial score (nSPS) is 15.1. The van der Waals surface area contributed by atoms with Gasteiger partial charge in [0.1, 0.15) is 23.2 Å². The molecule has 5 heteroatoms. The van der Waals surface area contributed by atoms with Crippen LogP contribution in [0.1, 0.15) is 24.6 Å². The van der Waals surface area contributed by atoms with E-state index in [4.69, 9.17) is 5.73 Å². The summed E-state index contributed by atoms with van der Waals surface area (Å²) in [5, 5.41) is 0. The van der Waals surface area contributed by atoms with E-state index in [9.17, 15) is 4.39 Å². The van der Waals surface area contributed by atoms with E-state index in [1.165, 1.54) is 6.07 Å². The lowest BCUT2D eigenvalue weighted by atomic mass is 10.1. The lowest BCUT2D eigenvalue weighted by Gasteiger charge is -2.02. The molecule has 0 aliphatic heterocycles. The molecule has 18 heavy (non-hydrogen) atoms. The summed E-state index contributed by atoms with van der Waals surface area (Å²) in [7, 11) is 1.89. The average Bonchev–Trinajstić information content (AvgIpc) is 3.11. The number of nitrogen functional groups attached to an aromatic ring is 1. The van der Waals surface area contributed by atoms with Crippen LogP contribution < -0.4 is 5.73 Å². The van der Waals surface area contributed by atoms with Gasteiger partial charge < -0.3 is 10.3 Å². The van der Waals surface area contributed by atoms with Crippen LogP contribution in [0.4, 0.5) is 10.2 Å². The van der Waals surface area contributed by atoms with Gasteiger partial charge in [-0.15, -0.1) is 0 Å². The summed E-state index contributed by atoms with van der Waals surface area (Å²) < 4.78 is 16.5. The highest BCUT2D eigenvalue weighted by Gasteiger charge is 2.30. The van der Waals surface area contributed by atoms with E-state index in [0.29, 0.717) is 27.5 Å². The standard InChI is InChI=1S/C13H13BrFN3/c1-18-12(16)11(17-13(18)7-2-3-7)9-5-4-8(14)6-10(9)15/h4-7H,2-3,16H2,1H3. The number of halogens is 2. The average molecular weight is 310 g/mol. The Morgan fingerprint density at radius 1 is 1.44 bits per heavy atom. The molecular formula is C13H13BrFN3. The molecule has 0 unspecified atom stereocenters. The van der Waals surface area contributed by atoms with E-state index in [-0.39, 0.29) is 5.82 Å². The van der Waals surface area contributed by atoms with Crippen molar-refractivity contribution in [2.45, 2.75) is 18.8 Å². The van der Waals surface area contributed by atoms with Gasteiger partial charge in [-0.2, -0.15) is 0 Å². The summed E-state index contributed by atoms with van der Waals surface area (Å²) in [6, 6.07) is 4.93. The van der Waals surface area contributed by atoms with Crippen molar-refractivity contribution in [1.29, 1.82) is 0 Å². The van der Waals surface area contributed by atoms with Crippen LogP contribution in [0.2, 0.25) is 0 Å². The molecule has 1 aromatic heterocycles. The minimum absolute atomic E-state index is 0.309. The van der Waals surface area contributed by atoms with Crippen LogP contribution in [-0.2, 0) is 7.05 Å². The molecule has 94 valence electrons. The maximum Gasteiger partial charge on any atom is 0.133 e. The molecule has 1 fully saturated rings. The molecule has 1 heterocycles. The Labute approximate surface area is 113 Å². The van der Waals surface area contributed by atoms with Gasteiger partial charge in [-0.1, -0.05) is 15.9 Å². The van der Waals surface area contributed by atoms with Gasteiger partial charge in [-0.05, 0) is 31.0 Å². The van der Waals surface area contributed by atoms with Gasteiger partial charge in [0.15, 0.2) is 0 Å². The van der Waals surface area contributed by atoms with E-state index < -0.39 is 0 Å². The third-order valence-electron chi connectivity index (χ3n) is 3.30. The number of anilines is 1. The first-order valence-corrected chi connectivity index (χ1v) is 6.64. The van der Waals surface area contributed by atoms with Crippen molar-refractivity contribution in [2.75, 3.05) is 5.73 Å². The Kier molecular flexibility index (Phi) is 2.66. The molecular weight excluding hydrogens is 297 g/mol. The van der Waals surface area contributed by atoms with Gasteiger partial charge in [0.2, 0.25) is 0 Å². The summed E-state index contributed by atoms with van der Waals surface area (Å²) in [6.07, 6.45) is 2.29. The van der Waals surface area contributed by atoms with E-state index >= 15 is 0 Å². The molecule has 0 spiro atoms. The van der Waals surface area contributed by atoms with Crippen molar-refractivity contribution in [1.82, 2.24) is 9.55 Å². The van der Waals surface area contributed by atoms with E-state index in [0.717, 1.165) is 18.7 Å². The highest BCUT2D eigenvalue weighted by atomic mass is 79.9. The first-order valence-electron chi connectivity index (χ1n) is 5.85. The van der Waals surface area contributed by atoms with E-state index in [2.05, 4.69) is 20.9 Å². The van der Waals surface area contributed by atoms with E-state index in [1.807, 2.05) is 11.6 Å². The third-order valence-corrected chi connectivity index (χ3v) is 3.80. The smallest absolute Gasteiger partial charge is 0.133 e. The summed E-state index contributed by atoms with van der Waals surface area (Å²) >= 11 is 3.24. The molecule has 0 radical (unpaired) electrons. The Bertz CT molecular complexity index is 617. The van der Waals surface area contributed by atoms with Crippen molar-refractivity contribution >= 4 is 21.7 Å². The van der Waals surface area contributed by atoms with Crippen LogP contribution >= 0.6 is 15.9 Å². The zero-order chi connectivity index (χ0) is 12.9. The molecule has 2 aromatic rings. The second kappa shape index (κ2) is 4.09. The molecule has 3 rings (SSSR count). The van der Waals surface area contributed by atoms with Gasteiger partial charge >= 0.3 is 0 Å². The summed E-state index contributed by atoms with van der Waals surface area (Å²) in [6.45, 7) is 0. The van der Waals surface area contributed by atoms with Crippen LogP contribution in [0.25, 0.3) is 11.3 Å². The second-order valence-corrected chi connectivity index (χ2v) is 5.58. The molecule has 0 amide bonds. The number of hydrogen-bond donors (Lipinski definition) is 1. The molecule has 3 nitrogen and oxygen atoms in total. The fourth-order valence-corrected chi connectivity index (χ4v) is 2.45. The quantitative estimate of drug-likeness (QED) is 0.923. The van der Waals surface area contributed by atoms with Crippen LogP contribution in [0.3, 0.4) is 0 Å². The highest BCUT2D eigenvalue weighted by molar-refractivity contribution is 9.10. The minimum Gasteiger partial charge on any atom is -0.383 e. The lowest BCUT2D eigenvalue weighted by Crippen LogP contribution is -2.00. The molecule has 0 bridgehead atoms. The monoisotopic (exact) mass is 309 g/mol. The van der Waals surface area contributed by atoms with Crippen molar-refractivity contribution in [3.05, 3.63) is 34.3 Å². The maximum atomic E-state index is 13.9. The molecule has 1 aliphatic rings. The van der Waals surface area contributed by atoms with Crippen LogP contribution in [0.15, 0.2) is 22.7 Å². The zero-order valence-electron chi connectivity index (χ0n) is 9.95. The molecule has 0 saturated heterocycles. The summed E-state index contributed by atoms with van der Waals surface area (Å²) in [5.74, 6) is 1.67. The molecule has 2 N–H and O–H groups in total. The second-order valence-electron chi connectivity index (χ2n) is 4.66. The van der Waals surface area contributed by atoms with Crippen LogP contribution in [0, 0.1) is 5.82 Å². The topological polar surface area (TPSA) is 43.8 Å². The van der Waals surface area contributed by atoms with Crippen molar-refractivity contribution < 1.29 is 4.39 Å². The zero-order valence-corrected chi connectivity index (χ0v) is 11.5. The molecule has 1 aliphatic carbocycles.